The van der Waals surface area contributed by atoms with Crippen LogP contribution in [-0.4, -0.2) is 70.1 Å². The first-order valence-electron chi connectivity index (χ1n) is 9.00. The number of carbonyl (C=O) groups excluding carboxylic acids is 1. The number of rotatable bonds is 5. The maximum Gasteiger partial charge on any atom is 0.257 e. The number of fused-ring (bicyclic) bond motifs is 1. The van der Waals surface area contributed by atoms with Crippen molar-refractivity contribution in [2.45, 2.75) is 33.1 Å². The summed E-state index contributed by atoms with van der Waals surface area (Å²) >= 11 is 0. The molecular weight excluding hydrogens is 354 g/mol. The smallest absolute Gasteiger partial charge is 0.257 e. The maximum absolute atomic E-state index is 12.9. The van der Waals surface area contributed by atoms with Gasteiger partial charge in [-0.05, 0) is 19.8 Å². The summed E-state index contributed by atoms with van der Waals surface area (Å²) in [5, 5.41) is 4.19. The molecule has 1 fully saturated rings. The van der Waals surface area contributed by atoms with Gasteiger partial charge in [-0.25, -0.2) is 22.2 Å². The average Bonchev–Trinajstić information content (AvgIpc) is 2.96. The molecular formula is C17H25N5O3S. The zero-order chi connectivity index (χ0) is 18.7. The van der Waals surface area contributed by atoms with Crippen molar-refractivity contribution in [1.29, 1.82) is 0 Å². The van der Waals surface area contributed by atoms with Crippen molar-refractivity contribution in [3.8, 4) is 0 Å². The van der Waals surface area contributed by atoms with E-state index >= 15 is 0 Å². The van der Waals surface area contributed by atoms with Crippen LogP contribution in [0.15, 0.2) is 18.5 Å². The molecule has 2 aromatic rings. The Morgan fingerprint density at radius 1 is 1.23 bits per heavy atom. The number of aromatic nitrogens is 3. The molecule has 0 unspecified atom stereocenters. The van der Waals surface area contributed by atoms with Crippen LogP contribution in [0.25, 0.3) is 5.65 Å². The van der Waals surface area contributed by atoms with Crippen molar-refractivity contribution in [3.63, 3.8) is 0 Å². The molecule has 8 nitrogen and oxygen atoms in total. The zero-order valence-electron chi connectivity index (χ0n) is 15.3. The lowest BCUT2D eigenvalue weighted by molar-refractivity contribution is 0.0762. The largest absolute Gasteiger partial charge is 0.337 e. The molecule has 2 aromatic heterocycles. The zero-order valence-corrected chi connectivity index (χ0v) is 16.1. The SMILES string of the molecule is CCCCS(=O)(=O)N1CCCN(C(=O)c2cnc3ccnn3c2C)CC1. The Morgan fingerprint density at radius 2 is 2.04 bits per heavy atom. The number of unbranched alkanes of at least 4 members (excludes halogenated alkanes) is 1. The van der Waals surface area contributed by atoms with Gasteiger partial charge in [0.15, 0.2) is 5.65 Å². The summed E-state index contributed by atoms with van der Waals surface area (Å²) in [5.41, 5.74) is 1.94. The van der Waals surface area contributed by atoms with Crippen LogP contribution in [0.3, 0.4) is 0 Å². The lowest BCUT2D eigenvalue weighted by Crippen LogP contribution is -2.38. The summed E-state index contributed by atoms with van der Waals surface area (Å²) in [6, 6.07) is 1.78. The van der Waals surface area contributed by atoms with Crippen molar-refractivity contribution in [1.82, 2.24) is 23.8 Å². The third-order valence-electron chi connectivity index (χ3n) is 4.78. The Bertz CT molecular complexity index is 893. The van der Waals surface area contributed by atoms with Crippen LogP contribution in [0.1, 0.15) is 42.2 Å². The maximum atomic E-state index is 12.9. The predicted molar refractivity (Wildman–Crippen MR) is 98.5 cm³/mol. The molecule has 1 aliphatic rings. The monoisotopic (exact) mass is 379 g/mol. The van der Waals surface area contributed by atoms with E-state index in [4.69, 9.17) is 0 Å². The topological polar surface area (TPSA) is 87.9 Å². The van der Waals surface area contributed by atoms with Crippen molar-refractivity contribution < 1.29 is 13.2 Å². The molecule has 0 radical (unpaired) electrons. The number of hydrogen-bond acceptors (Lipinski definition) is 5. The van der Waals surface area contributed by atoms with Gasteiger partial charge in [-0.2, -0.15) is 5.10 Å². The van der Waals surface area contributed by atoms with Gasteiger partial charge in [0.2, 0.25) is 10.0 Å². The summed E-state index contributed by atoms with van der Waals surface area (Å²) in [4.78, 5) is 18.9. The van der Waals surface area contributed by atoms with Crippen LogP contribution >= 0.6 is 0 Å². The highest BCUT2D eigenvalue weighted by atomic mass is 32.2. The number of aryl methyl sites for hydroxylation is 1. The number of amides is 1. The first kappa shape index (κ1) is 18.8. The van der Waals surface area contributed by atoms with Gasteiger partial charge in [-0.15, -0.1) is 0 Å². The minimum absolute atomic E-state index is 0.125. The quantitative estimate of drug-likeness (QED) is 0.782. The van der Waals surface area contributed by atoms with E-state index in [1.807, 2.05) is 13.8 Å². The summed E-state index contributed by atoms with van der Waals surface area (Å²) in [6.07, 6.45) is 5.37. The molecule has 0 atom stereocenters. The van der Waals surface area contributed by atoms with Gasteiger partial charge < -0.3 is 4.90 Å². The Hall–Kier alpha value is -2.00. The molecule has 0 aliphatic carbocycles. The Kier molecular flexibility index (Phi) is 5.57. The summed E-state index contributed by atoms with van der Waals surface area (Å²) in [7, 11) is -3.24. The second kappa shape index (κ2) is 7.71. The van der Waals surface area contributed by atoms with Gasteiger partial charge in [0.1, 0.15) is 0 Å². The fraction of sp³-hybridized carbons (Fsp3) is 0.588. The lowest BCUT2D eigenvalue weighted by atomic mass is 10.2. The van der Waals surface area contributed by atoms with E-state index in [2.05, 4.69) is 10.1 Å². The lowest BCUT2D eigenvalue weighted by Gasteiger charge is -2.22. The standard InChI is InChI=1S/C17H25N5O3S/c1-3-4-12-26(24,25)21-9-5-8-20(10-11-21)17(23)15-13-18-16-6-7-19-22(16)14(15)2/h6-7,13H,3-5,8-12H2,1-2H3. The molecule has 0 aromatic carbocycles. The van der Waals surface area contributed by atoms with E-state index < -0.39 is 10.0 Å². The van der Waals surface area contributed by atoms with Gasteiger partial charge in [0.05, 0.1) is 23.2 Å². The fourth-order valence-corrected chi connectivity index (χ4v) is 4.88. The highest BCUT2D eigenvalue weighted by Crippen LogP contribution is 2.15. The Morgan fingerprint density at radius 3 is 2.81 bits per heavy atom. The van der Waals surface area contributed by atoms with Crippen LogP contribution in [0.2, 0.25) is 0 Å². The molecule has 26 heavy (non-hydrogen) atoms. The molecule has 0 bridgehead atoms. The van der Waals surface area contributed by atoms with Gasteiger partial charge in [-0.1, -0.05) is 13.3 Å². The van der Waals surface area contributed by atoms with E-state index in [9.17, 15) is 13.2 Å². The van der Waals surface area contributed by atoms with Crippen LogP contribution in [0.4, 0.5) is 0 Å². The van der Waals surface area contributed by atoms with Crippen molar-refractivity contribution in [3.05, 3.63) is 29.7 Å². The second-order valence-corrected chi connectivity index (χ2v) is 8.66. The highest BCUT2D eigenvalue weighted by molar-refractivity contribution is 7.89. The number of carbonyl (C=O) groups is 1. The van der Waals surface area contributed by atoms with E-state index in [0.29, 0.717) is 50.2 Å². The van der Waals surface area contributed by atoms with Crippen LogP contribution in [0, 0.1) is 6.92 Å². The van der Waals surface area contributed by atoms with Crippen LogP contribution in [0.5, 0.6) is 0 Å². The second-order valence-electron chi connectivity index (χ2n) is 6.57. The Labute approximate surface area is 153 Å². The summed E-state index contributed by atoms with van der Waals surface area (Å²) < 4.78 is 28.0. The van der Waals surface area contributed by atoms with E-state index in [-0.39, 0.29) is 11.7 Å². The van der Waals surface area contributed by atoms with Crippen molar-refractivity contribution in [2.24, 2.45) is 0 Å². The van der Waals surface area contributed by atoms with E-state index in [1.165, 1.54) is 4.31 Å². The minimum Gasteiger partial charge on any atom is -0.337 e. The van der Waals surface area contributed by atoms with Gasteiger partial charge in [0.25, 0.3) is 5.91 Å². The summed E-state index contributed by atoms with van der Waals surface area (Å²) in [6.45, 7) is 5.55. The minimum atomic E-state index is -3.24. The molecule has 0 spiro atoms. The van der Waals surface area contributed by atoms with Gasteiger partial charge >= 0.3 is 0 Å². The van der Waals surface area contributed by atoms with Gasteiger partial charge in [0, 0.05) is 38.4 Å². The molecule has 1 saturated heterocycles. The molecule has 1 aliphatic heterocycles. The number of sulfonamides is 1. The van der Waals surface area contributed by atoms with E-state index in [0.717, 1.165) is 12.1 Å². The Balaban J connectivity index is 1.74. The van der Waals surface area contributed by atoms with E-state index in [1.54, 1.807) is 27.9 Å². The van der Waals surface area contributed by atoms with Gasteiger partial charge in [-0.3, -0.25) is 4.79 Å². The van der Waals surface area contributed by atoms with Crippen LogP contribution < -0.4 is 0 Å². The third-order valence-corrected chi connectivity index (χ3v) is 6.73. The first-order valence-corrected chi connectivity index (χ1v) is 10.6. The average molecular weight is 379 g/mol. The van der Waals surface area contributed by atoms with Crippen molar-refractivity contribution in [2.75, 3.05) is 31.9 Å². The molecule has 1 amide bonds. The predicted octanol–water partition coefficient (Wildman–Crippen LogP) is 1.32. The molecule has 3 rings (SSSR count). The van der Waals surface area contributed by atoms with Crippen LogP contribution in [-0.2, 0) is 10.0 Å². The first-order chi connectivity index (χ1) is 12.4. The molecule has 142 valence electrons. The third kappa shape index (κ3) is 3.73. The summed E-state index contributed by atoms with van der Waals surface area (Å²) in [5.74, 6) is 0.0522. The molecule has 3 heterocycles. The number of nitrogens with zero attached hydrogens (tertiary/aromatic N) is 5. The molecule has 0 N–H and O–H groups in total. The highest BCUT2D eigenvalue weighted by Gasteiger charge is 2.27. The molecule has 0 saturated carbocycles. The van der Waals surface area contributed by atoms with Crippen molar-refractivity contribution >= 4 is 21.6 Å². The molecule has 9 heteroatoms. The fourth-order valence-electron chi connectivity index (χ4n) is 3.20. The normalized spacial score (nSPS) is 16.8. The number of hydrogen-bond donors (Lipinski definition) is 0.